The highest BCUT2D eigenvalue weighted by atomic mass is 32.2. The predicted octanol–water partition coefficient (Wildman–Crippen LogP) is 4.23. The fourth-order valence-electron chi connectivity index (χ4n) is 3.66. The highest BCUT2D eigenvalue weighted by Crippen LogP contribution is 2.41. The van der Waals surface area contributed by atoms with Crippen LogP contribution in [0.3, 0.4) is 0 Å². The number of nitrogens with one attached hydrogen (secondary N) is 1. The van der Waals surface area contributed by atoms with Gasteiger partial charge in [0.15, 0.2) is 5.16 Å². The first kappa shape index (κ1) is 22.3. The first-order chi connectivity index (χ1) is 14.2. The lowest BCUT2D eigenvalue weighted by molar-refractivity contribution is -0.133. The zero-order valence-corrected chi connectivity index (χ0v) is 19.4. The first-order valence-electron chi connectivity index (χ1n) is 10.5. The Hall–Kier alpha value is -2.35. The Morgan fingerprint density at radius 1 is 1.13 bits per heavy atom. The second-order valence-corrected chi connectivity index (χ2v) is 9.68. The summed E-state index contributed by atoms with van der Waals surface area (Å²) < 4.78 is 2.03. The zero-order chi connectivity index (χ0) is 22.0. The Morgan fingerprint density at radius 2 is 1.80 bits per heavy atom. The van der Waals surface area contributed by atoms with Crippen molar-refractivity contribution < 1.29 is 9.59 Å². The van der Waals surface area contributed by atoms with E-state index >= 15 is 0 Å². The van der Waals surface area contributed by atoms with Crippen LogP contribution in [0.2, 0.25) is 0 Å². The lowest BCUT2D eigenvalue weighted by Crippen LogP contribution is -2.45. The van der Waals surface area contributed by atoms with Crippen molar-refractivity contribution in [3.8, 4) is 5.69 Å². The number of carbonyl (C=O) groups is 2. The Bertz CT molecular complexity index is 912. The standard InChI is InChI=1S/C22H31N5O2S/c1-13(2)26(14(3)4)21(29)15(5)30-22-25-24-20(17-10-11-17)27(22)19-9-7-8-18(12-19)23-16(6)28/h7-9,12-15,17H,10-11H2,1-6H3,(H,23,28). The van der Waals surface area contributed by atoms with Crippen LogP contribution in [-0.2, 0) is 9.59 Å². The molecule has 1 aromatic heterocycles. The minimum atomic E-state index is -0.289. The molecule has 1 fully saturated rings. The van der Waals surface area contributed by atoms with E-state index in [1.165, 1.54) is 18.7 Å². The van der Waals surface area contributed by atoms with Gasteiger partial charge in [0.25, 0.3) is 0 Å². The van der Waals surface area contributed by atoms with Crippen molar-refractivity contribution in [3.63, 3.8) is 0 Å². The minimum Gasteiger partial charge on any atom is -0.337 e. The van der Waals surface area contributed by atoms with E-state index in [1.54, 1.807) is 0 Å². The van der Waals surface area contributed by atoms with E-state index in [2.05, 4.69) is 15.5 Å². The number of aromatic nitrogens is 3. The summed E-state index contributed by atoms with van der Waals surface area (Å²) in [7, 11) is 0. The molecule has 1 atom stereocenters. The second-order valence-electron chi connectivity index (χ2n) is 8.38. The maximum absolute atomic E-state index is 13.1. The fraction of sp³-hybridized carbons (Fsp3) is 0.545. The molecule has 0 spiro atoms. The van der Waals surface area contributed by atoms with Crippen LogP contribution in [0.1, 0.15) is 66.1 Å². The van der Waals surface area contributed by atoms with E-state index in [1.807, 2.05) is 68.4 Å². The van der Waals surface area contributed by atoms with Crippen molar-refractivity contribution in [1.29, 1.82) is 0 Å². The van der Waals surface area contributed by atoms with Crippen LogP contribution in [0, 0.1) is 0 Å². The third-order valence-electron chi connectivity index (χ3n) is 5.02. The van der Waals surface area contributed by atoms with Gasteiger partial charge < -0.3 is 10.2 Å². The minimum absolute atomic E-state index is 0.0968. The normalized spacial score (nSPS) is 14.8. The van der Waals surface area contributed by atoms with Crippen LogP contribution in [0.15, 0.2) is 29.4 Å². The SMILES string of the molecule is CC(=O)Nc1cccc(-n2c(SC(C)C(=O)N(C(C)C)C(C)C)nnc2C2CC2)c1. The molecular weight excluding hydrogens is 398 g/mol. The summed E-state index contributed by atoms with van der Waals surface area (Å²) in [5.74, 6) is 1.29. The molecule has 1 N–H and O–H groups in total. The van der Waals surface area contributed by atoms with Gasteiger partial charge in [-0.3, -0.25) is 14.2 Å². The average Bonchev–Trinajstić information content (AvgIpc) is 3.41. The summed E-state index contributed by atoms with van der Waals surface area (Å²) in [4.78, 5) is 26.5. The fourth-order valence-corrected chi connectivity index (χ4v) is 4.59. The van der Waals surface area contributed by atoms with Crippen molar-refractivity contribution in [3.05, 3.63) is 30.1 Å². The van der Waals surface area contributed by atoms with Crippen LogP contribution in [0.5, 0.6) is 0 Å². The number of hydrogen-bond donors (Lipinski definition) is 1. The maximum atomic E-state index is 13.1. The number of amides is 2. The summed E-state index contributed by atoms with van der Waals surface area (Å²) in [6, 6.07) is 7.92. The van der Waals surface area contributed by atoms with E-state index in [-0.39, 0.29) is 29.1 Å². The quantitative estimate of drug-likeness (QED) is 0.635. The van der Waals surface area contributed by atoms with Crippen LogP contribution < -0.4 is 5.32 Å². The number of carbonyl (C=O) groups excluding carboxylic acids is 2. The molecule has 3 rings (SSSR count). The van der Waals surface area contributed by atoms with Crippen molar-refractivity contribution in [1.82, 2.24) is 19.7 Å². The second kappa shape index (κ2) is 9.20. The van der Waals surface area contributed by atoms with E-state index < -0.39 is 0 Å². The smallest absolute Gasteiger partial charge is 0.236 e. The molecule has 1 aliphatic carbocycles. The molecule has 1 aromatic carbocycles. The highest BCUT2D eigenvalue weighted by Gasteiger charge is 2.33. The Morgan fingerprint density at radius 3 is 2.37 bits per heavy atom. The highest BCUT2D eigenvalue weighted by molar-refractivity contribution is 8.00. The molecule has 1 aliphatic rings. The van der Waals surface area contributed by atoms with Gasteiger partial charge in [-0.25, -0.2) is 0 Å². The lowest BCUT2D eigenvalue weighted by Gasteiger charge is -2.32. The van der Waals surface area contributed by atoms with Gasteiger partial charge >= 0.3 is 0 Å². The maximum Gasteiger partial charge on any atom is 0.236 e. The molecule has 30 heavy (non-hydrogen) atoms. The molecule has 7 nitrogen and oxygen atoms in total. The summed E-state index contributed by atoms with van der Waals surface area (Å²) in [6.45, 7) is 11.6. The van der Waals surface area contributed by atoms with E-state index in [9.17, 15) is 9.59 Å². The summed E-state index contributed by atoms with van der Waals surface area (Å²) >= 11 is 1.43. The number of anilines is 1. The van der Waals surface area contributed by atoms with Gasteiger partial charge in [0.2, 0.25) is 11.8 Å². The topological polar surface area (TPSA) is 80.1 Å². The average molecular weight is 430 g/mol. The Kier molecular flexibility index (Phi) is 6.85. The number of nitrogens with zero attached hydrogens (tertiary/aromatic N) is 4. The molecular formula is C22H31N5O2S. The third-order valence-corrected chi connectivity index (χ3v) is 6.05. The van der Waals surface area contributed by atoms with Crippen LogP contribution >= 0.6 is 11.8 Å². The molecule has 8 heteroatoms. The molecule has 0 aliphatic heterocycles. The predicted molar refractivity (Wildman–Crippen MR) is 120 cm³/mol. The van der Waals surface area contributed by atoms with Crippen molar-refractivity contribution in [2.75, 3.05) is 5.32 Å². The molecule has 0 bridgehead atoms. The molecule has 0 radical (unpaired) electrons. The van der Waals surface area contributed by atoms with Gasteiger partial charge in [0, 0.05) is 30.6 Å². The van der Waals surface area contributed by atoms with Crippen LogP contribution in [0.4, 0.5) is 5.69 Å². The molecule has 162 valence electrons. The van der Waals surface area contributed by atoms with Crippen molar-refractivity contribution >= 4 is 29.3 Å². The Labute approximate surface area is 182 Å². The molecule has 2 aromatic rings. The Balaban J connectivity index is 1.92. The van der Waals surface area contributed by atoms with Gasteiger partial charge in [0.05, 0.1) is 10.9 Å². The zero-order valence-electron chi connectivity index (χ0n) is 18.5. The van der Waals surface area contributed by atoms with E-state index in [0.29, 0.717) is 11.1 Å². The number of hydrogen-bond acceptors (Lipinski definition) is 5. The van der Waals surface area contributed by atoms with Gasteiger partial charge in [-0.1, -0.05) is 17.8 Å². The molecule has 2 amide bonds. The number of benzene rings is 1. The monoisotopic (exact) mass is 429 g/mol. The summed E-state index contributed by atoms with van der Waals surface area (Å²) in [5, 5.41) is 12.1. The van der Waals surface area contributed by atoms with Gasteiger partial charge in [-0.2, -0.15) is 0 Å². The third kappa shape index (κ3) is 5.03. The molecule has 1 unspecified atom stereocenters. The molecule has 1 saturated carbocycles. The van der Waals surface area contributed by atoms with Crippen molar-refractivity contribution in [2.24, 2.45) is 0 Å². The first-order valence-corrected chi connectivity index (χ1v) is 11.4. The van der Waals surface area contributed by atoms with E-state index in [4.69, 9.17) is 0 Å². The number of thioether (sulfide) groups is 1. The molecule has 1 heterocycles. The van der Waals surface area contributed by atoms with Gasteiger partial charge in [-0.05, 0) is 65.7 Å². The summed E-state index contributed by atoms with van der Waals surface area (Å²) in [5.41, 5.74) is 1.61. The van der Waals surface area contributed by atoms with Gasteiger partial charge in [0.1, 0.15) is 5.82 Å². The summed E-state index contributed by atoms with van der Waals surface area (Å²) in [6.07, 6.45) is 2.19. The van der Waals surface area contributed by atoms with Crippen LogP contribution in [-0.4, -0.2) is 48.8 Å². The van der Waals surface area contributed by atoms with Gasteiger partial charge in [-0.15, -0.1) is 10.2 Å². The lowest BCUT2D eigenvalue weighted by atomic mass is 10.2. The van der Waals surface area contributed by atoms with Crippen LogP contribution in [0.25, 0.3) is 5.69 Å². The van der Waals surface area contributed by atoms with E-state index in [0.717, 1.165) is 30.0 Å². The molecule has 0 saturated heterocycles. The largest absolute Gasteiger partial charge is 0.337 e. The van der Waals surface area contributed by atoms with Crippen molar-refractivity contribution in [2.45, 2.75) is 82.8 Å². The number of rotatable bonds is 8.